The van der Waals surface area contributed by atoms with Crippen molar-refractivity contribution in [3.63, 3.8) is 0 Å². The van der Waals surface area contributed by atoms with Gasteiger partial charge in [0.2, 0.25) is 0 Å². The second-order valence-corrected chi connectivity index (χ2v) is 4.47. The van der Waals surface area contributed by atoms with E-state index in [1.807, 2.05) is 24.3 Å². The fourth-order valence-electron chi connectivity index (χ4n) is 2.09. The lowest BCUT2D eigenvalue weighted by Gasteiger charge is -2.10. The van der Waals surface area contributed by atoms with Gasteiger partial charge in [0.25, 0.3) is 0 Å². The number of nitrogens with zero attached hydrogens (tertiary/aromatic N) is 1. The van der Waals surface area contributed by atoms with E-state index >= 15 is 0 Å². The molecule has 0 aliphatic carbocycles. The maximum Gasteiger partial charge on any atom is 0.123 e. The first kappa shape index (κ1) is 15.9. The first-order chi connectivity index (χ1) is 8.88. The number of hydrogen-bond donors (Lipinski definition) is 0. The predicted molar refractivity (Wildman–Crippen MR) is 80.6 cm³/mol. The highest BCUT2D eigenvalue weighted by Crippen LogP contribution is 2.18. The molecule has 0 aromatic heterocycles. The van der Waals surface area contributed by atoms with E-state index in [1.54, 1.807) is 7.11 Å². The number of halogens is 1. The maximum atomic E-state index is 5.63. The molecule has 0 spiro atoms. The van der Waals surface area contributed by atoms with Crippen molar-refractivity contribution < 1.29 is 9.47 Å². The van der Waals surface area contributed by atoms with E-state index in [9.17, 15) is 0 Å². The summed E-state index contributed by atoms with van der Waals surface area (Å²) in [6.45, 7) is 4.13. The van der Waals surface area contributed by atoms with Crippen LogP contribution in [0.2, 0.25) is 0 Å². The smallest absolute Gasteiger partial charge is 0.123 e. The van der Waals surface area contributed by atoms with Gasteiger partial charge >= 0.3 is 0 Å². The van der Waals surface area contributed by atoms with Crippen molar-refractivity contribution in [3.05, 3.63) is 36.4 Å². The summed E-state index contributed by atoms with van der Waals surface area (Å²) >= 11 is 0. The molecule has 0 saturated carbocycles. The minimum absolute atomic E-state index is 0. The Bertz CT molecular complexity index is 389. The Kier molecular flexibility index (Phi) is 7.38. The lowest BCUT2D eigenvalue weighted by atomic mass is 10.3. The molecule has 0 amide bonds. The van der Waals surface area contributed by atoms with Gasteiger partial charge in [-0.2, -0.15) is 0 Å². The van der Waals surface area contributed by atoms with Crippen molar-refractivity contribution >= 4 is 12.4 Å². The van der Waals surface area contributed by atoms with E-state index in [0.29, 0.717) is 6.61 Å². The summed E-state index contributed by atoms with van der Waals surface area (Å²) < 4.78 is 10.8. The summed E-state index contributed by atoms with van der Waals surface area (Å²) in [6, 6.07) is 7.68. The van der Waals surface area contributed by atoms with Crippen LogP contribution in [0.1, 0.15) is 12.8 Å². The molecule has 3 nitrogen and oxygen atoms in total. The molecule has 1 heterocycles. The summed E-state index contributed by atoms with van der Waals surface area (Å²) in [4.78, 5) is 2.46. The van der Waals surface area contributed by atoms with Crippen LogP contribution in [0.15, 0.2) is 36.4 Å². The minimum atomic E-state index is 0. The molecule has 0 radical (unpaired) electrons. The van der Waals surface area contributed by atoms with Crippen LogP contribution in [-0.4, -0.2) is 38.3 Å². The molecule has 1 aromatic rings. The largest absolute Gasteiger partial charge is 0.497 e. The highest BCUT2D eigenvalue weighted by Gasteiger charge is 2.08. The monoisotopic (exact) mass is 283 g/mol. The average molecular weight is 284 g/mol. The zero-order chi connectivity index (χ0) is 12.6. The Hall–Kier alpha value is -1.19. The Morgan fingerprint density at radius 1 is 1.16 bits per heavy atom. The van der Waals surface area contributed by atoms with E-state index in [1.165, 1.54) is 25.9 Å². The highest BCUT2D eigenvalue weighted by molar-refractivity contribution is 5.85. The van der Waals surface area contributed by atoms with Gasteiger partial charge in [-0.1, -0.05) is 18.2 Å². The number of likely N-dealkylation sites (tertiary alicyclic amines) is 1. The summed E-state index contributed by atoms with van der Waals surface area (Å²) in [5.74, 6) is 1.67. The first-order valence-electron chi connectivity index (χ1n) is 6.53. The molecule has 1 aliphatic heterocycles. The molecule has 1 aliphatic rings. The van der Waals surface area contributed by atoms with Crippen LogP contribution in [0.25, 0.3) is 0 Å². The van der Waals surface area contributed by atoms with Crippen LogP contribution in [0, 0.1) is 0 Å². The van der Waals surface area contributed by atoms with Gasteiger partial charge in [0.15, 0.2) is 0 Å². The van der Waals surface area contributed by atoms with Gasteiger partial charge in [0.1, 0.15) is 18.1 Å². The average Bonchev–Trinajstić information content (AvgIpc) is 2.92. The van der Waals surface area contributed by atoms with Crippen LogP contribution in [0.5, 0.6) is 11.5 Å². The summed E-state index contributed by atoms with van der Waals surface area (Å²) in [6.07, 6.45) is 6.95. The predicted octanol–water partition coefficient (Wildman–Crippen LogP) is 3.15. The van der Waals surface area contributed by atoms with Gasteiger partial charge in [-0.05, 0) is 38.1 Å². The Balaban J connectivity index is 0.00000180. The van der Waals surface area contributed by atoms with Crippen molar-refractivity contribution in [1.82, 2.24) is 4.90 Å². The number of rotatable bonds is 6. The second-order valence-electron chi connectivity index (χ2n) is 4.47. The number of methoxy groups -OCH3 is 1. The lowest BCUT2D eigenvalue weighted by Crippen LogP contribution is -2.18. The number of hydrogen-bond acceptors (Lipinski definition) is 3. The maximum absolute atomic E-state index is 5.63. The van der Waals surface area contributed by atoms with Crippen molar-refractivity contribution in [1.29, 1.82) is 0 Å². The van der Waals surface area contributed by atoms with Gasteiger partial charge < -0.3 is 9.47 Å². The molecule has 0 unspecified atom stereocenters. The third-order valence-corrected chi connectivity index (χ3v) is 3.12. The fourth-order valence-corrected chi connectivity index (χ4v) is 2.09. The van der Waals surface area contributed by atoms with E-state index in [2.05, 4.69) is 17.1 Å². The molecular weight excluding hydrogens is 262 g/mol. The second kappa shape index (κ2) is 8.83. The molecule has 4 heteroatoms. The molecule has 0 bridgehead atoms. The molecule has 0 atom stereocenters. The van der Waals surface area contributed by atoms with Crippen molar-refractivity contribution in [2.75, 3.05) is 33.4 Å². The van der Waals surface area contributed by atoms with Crippen LogP contribution in [0.4, 0.5) is 0 Å². The molecule has 19 heavy (non-hydrogen) atoms. The number of benzene rings is 1. The summed E-state index contributed by atoms with van der Waals surface area (Å²) in [5.41, 5.74) is 0. The van der Waals surface area contributed by atoms with Crippen LogP contribution >= 0.6 is 12.4 Å². The quantitative estimate of drug-likeness (QED) is 0.749. The first-order valence-corrected chi connectivity index (χ1v) is 6.53. The van der Waals surface area contributed by atoms with Crippen molar-refractivity contribution in [2.24, 2.45) is 0 Å². The zero-order valence-corrected chi connectivity index (χ0v) is 12.2. The Labute approximate surface area is 121 Å². The third-order valence-electron chi connectivity index (χ3n) is 3.12. The topological polar surface area (TPSA) is 21.7 Å². The standard InChI is InChI=1S/C15H21NO2.ClH/c1-17-14-7-6-8-15(13-14)18-12-5-4-11-16-9-2-3-10-16;/h4-8,13H,2-3,9-12H2,1H3;1H/b5-4+;. The highest BCUT2D eigenvalue weighted by atomic mass is 35.5. The summed E-state index contributed by atoms with van der Waals surface area (Å²) in [7, 11) is 1.66. The molecule has 106 valence electrons. The van der Waals surface area contributed by atoms with Crippen LogP contribution in [-0.2, 0) is 0 Å². The Morgan fingerprint density at radius 3 is 2.63 bits per heavy atom. The van der Waals surface area contributed by atoms with E-state index in [0.717, 1.165) is 18.0 Å². The third kappa shape index (κ3) is 5.53. The molecule has 1 fully saturated rings. The normalized spacial score (nSPS) is 15.4. The molecule has 2 rings (SSSR count). The van der Waals surface area contributed by atoms with Crippen molar-refractivity contribution in [3.8, 4) is 11.5 Å². The van der Waals surface area contributed by atoms with Crippen molar-refractivity contribution in [2.45, 2.75) is 12.8 Å². The van der Waals surface area contributed by atoms with Gasteiger partial charge in [0.05, 0.1) is 7.11 Å². The van der Waals surface area contributed by atoms with Gasteiger partial charge in [0, 0.05) is 12.6 Å². The van der Waals surface area contributed by atoms with E-state index < -0.39 is 0 Å². The van der Waals surface area contributed by atoms with Gasteiger partial charge in [-0.3, -0.25) is 4.90 Å². The minimum Gasteiger partial charge on any atom is -0.497 e. The van der Waals surface area contributed by atoms with E-state index in [4.69, 9.17) is 9.47 Å². The molecule has 0 N–H and O–H groups in total. The van der Waals surface area contributed by atoms with Crippen LogP contribution < -0.4 is 9.47 Å². The molecular formula is C15H22ClNO2. The lowest BCUT2D eigenvalue weighted by molar-refractivity contribution is 0.352. The molecule has 1 saturated heterocycles. The van der Waals surface area contributed by atoms with Gasteiger partial charge in [-0.15, -0.1) is 12.4 Å². The SMILES string of the molecule is COc1cccc(OC/C=C/CN2CCCC2)c1.Cl. The zero-order valence-electron chi connectivity index (χ0n) is 11.4. The van der Waals surface area contributed by atoms with Crippen LogP contribution in [0.3, 0.4) is 0 Å². The summed E-state index contributed by atoms with van der Waals surface area (Å²) in [5, 5.41) is 0. The molecule has 1 aromatic carbocycles. The number of ether oxygens (including phenoxy) is 2. The van der Waals surface area contributed by atoms with Gasteiger partial charge in [-0.25, -0.2) is 0 Å². The van der Waals surface area contributed by atoms with E-state index in [-0.39, 0.29) is 12.4 Å². The Morgan fingerprint density at radius 2 is 1.89 bits per heavy atom. The fraction of sp³-hybridized carbons (Fsp3) is 0.467.